The van der Waals surface area contributed by atoms with Gasteiger partial charge in [-0.15, -0.1) is 0 Å². The monoisotopic (exact) mass is 614 g/mol. The van der Waals surface area contributed by atoms with Crippen molar-refractivity contribution >= 4 is 28.7 Å². The molecule has 4 rings (SSSR count). The Hall–Kier alpha value is -4.70. The summed E-state index contributed by atoms with van der Waals surface area (Å²) in [5.74, 6) is -1.58. The predicted octanol–water partition coefficient (Wildman–Crippen LogP) is 4.74. The highest BCUT2D eigenvalue weighted by atomic mass is 16.5. The molecule has 3 heterocycles. The molecule has 2 amide bonds. The van der Waals surface area contributed by atoms with E-state index in [-0.39, 0.29) is 48.6 Å². The van der Waals surface area contributed by atoms with Crippen LogP contribution in [0, 0.1) is 11.8 Å². The molecule has 2 bridgehead atoms. The molecule has 1 aromatic carbocycles. The van der Waals surface area contributed by atoms with Gasteiger partial charge >= 0.3 is 5.97 Å². The fourth-order valence-electron chi connectivity index (χ4n) is 5.32. The molecule has 0 saturated carbocycles. The number of hydrogen-bond acceptors (Lipinski definition) is 7. The molecule has 10 nitrogen and oxygen atoms in total. The first-order valence-electron chi connectivity index (χ1n) is 15.2. The number of aliphatic hydroxyl groups is 1. The van der Waals surface area contributed by atoms with Crippen molar-refractivity contribution < 1.29 is 28.6 Å². The highest BCUT2D eigenvalue weighted by Crippen LogP contribution is 2.23. The van der Waals surface area contributed by atoms with Crippen LogP contribution in [0.2, 0.25) is 0 Å². The Balaban J connectivity index is 1.63. The standard InChI is InChI=1S/C35H42N4O6/c1-21(2)33-24(5)12-13-31(41)36-14-8-9-22(3)15-26(40)16-23(4)17-32-38-30(20-44-32)34(42)39-29(35(43)45-33)18-25-19-37-28-11-7-6-10-27(25)28/h6-13,15,19-21,24,26,29,33,37,40H,4,14,16-18H2,1-3,5H3,(H,36,41)(H,39,42)/b9-8+,13-12+,22-15+. The van der Waals surface area contributed by atoms with E-state index in [4.69, 9.17) is 9.15 Å². The van der Waals surface area contributed by atoms with Gasteiger partial charge in [-0.3, -0.25) is 9.59 Å². The lowest BCUT2D eigenvalue weighted by atomic mass is 9.94. The number of nitrogens with one attached hydrogen (secondary N) is 3. The highest BCUT2D eigenvalue weighted by molar-refractivity contribution is 5.95. The van der Waals surface area contributed by atoms with Gasteiger partial charge in [-0.1, -0.05) is 81.0 Å². The van der Waals surface area contributed by atoms with E-state index in [2.05, 4.69) is 27.2 Å². The number of nitrogens with zero attached hydrogens (tertiary/aromatic N) is 1. The predicted molar refractivity (Wildman–Crippen MR) is 172 cm³/mol. The second-order valence-electron chi connectivity index (χ2n) is 11.8. The van der Waals surface area contributed by atoms with Gasteiger partial charge in [0.05, 0.1) is 6.10 Å². The molecule has 2 aromatic heterocycles. The number of fused-ring (bicyclic) bond motifs is 3. The molecule has 0 aliphatic carbocycles. The second kappa shape index (κ2) is 15.3. The topological polar surface area (TPSA) is 147 Å². The Morgan fingerprint density at radius 2 is 1.93 bits per heavy atom. The van der Waals surface area contributed by atoms with Crippen molar-refractivity contribution in [3.8, 4) is 0 Å². The third-order valence-corrected chi connectivity index (χ3v) is 7.58. The van der Waals surface area contributed by atoms with Gasteiger partial charge in [-0.25, -0.2) is 9.78 Å². The van der Waals surface area contributed by atoms with Crippen LogP contribution in [-0.4, -0.2) is 57.7 Å². The van der Waals surface area contributed by atoms with E-state index in [0.29, 0.717) is 12.1 Å². The molecule has 0 fully saturated rings. The molecular formula is C35H42N4O6. The summed E-state index contributed by atoms with van der Waals surface area (Å²) in [7, 11) is 0. The van der Waals surface area contributed by atoms with Crippen LogP contribution >= 0.6 is 0 Å². The maximum atomic E-state index is 13.7. The van der Waals surface area contributed by atoms with Gasteiger partial charge in [0.15, 0.2) is 11.6 Å². The van der Waals surface area contributed by atoms with Crippen molar-refractivity contribution in [1.82, 2.24) is 20.6 Å². The second-order valence-corrected chi connectivity index (χ2v) is 11.8. The Labute approximate surface area is 263 Å². The molecule has 4 atom stereocenters. The molecule has 4 N–H and O–H groups in total. The number of benzene rings is 1. The Bertz CT molecular complexity index is 1610. The number of allylic oxidation sites excluding steroid dienone is 2. The van der Waals surface area contributed by atoms with Crippen LogP contribution in [0.1, 0.15) is 56.1 Å². The van der Waals surface area contributed by atoms with E-state index >= 15 is 0 Å². The van der Waals surface area contributed by atoms with Crippen LogP contribution in [0.5, 0.6) is 0 Å². The Kier molecular flexibility index (Phi) is 11.3. The van der Waals surface area contributed by atoms with Gasteiger partial charge in [0.2, 0.25) is 5.91 Å². The Morgan fingerprint density at radius 3 is 2.71 bits per heavy atom. The highest BCUT2D eigenvalue weighted by Gasteiger charge is 2.31. The maximum absolute atomic E-state index is 13.7. The van der Waals surface area contributed by atoms with Crippen LogP contribution < -0.4 is 10.6 Å². The van der Waals surface area contributed by atoms with Gasteiger partial charge in [0, 0.05) is 42.4 Å². The van der Waals surface area contributed by atoms with Crippen molar-refractivity contribution in [2.45, 2.75) is 65.2 Å². The van der Waals surface area contributed by atoms with E-state index in [1.807, 2.05) is 64.2 Å². The SMILES string of the molecule is C=C1Cc2nc(co2)C(=O)NC(Cc2c[nH]c3ccccc23)C(=O)OC(C(C)C)C(C)/C=C/C(=O)NC/C=C/C(C)=C/C(O)C1. The van der Waals surface area contributed by atoms with E-state index < -0.39 is 30.1 Å². The van der Waals surface area contributed by atoms with Gasteiger partial charge in [-0.05, 0) is 37.0 Å². The zero-order valence-corrected chi connectivity index (χ0v) is 26.2. The number of amides is 2. The van der Waals surface area contributed by atoms with Gasteiger partial charge < -0.3 is 29.9 Å². The van der Waals surface area contributed by atoms with Crippen molar-refractivity contribution in [3.05, 3.63) is 102 Å². The summed E-state index contributed by atoms with van der Waals surface area (Å²) in [6, 6.07) is 6.67. The zero-order valence-electron chi connectivity index (χ0n) is 26.2. The average molecular weight is 615 g/mol. The number of aromatic amines is 1. The van der Waals surface area contributed by atoms with Crippen molar-refractivity contribution in [3.63, 3.8) is 0 Å². The summed E-state index contributed by atoms with van der Waals surface area (Å²) < 4.78 is 11.6. The number of aromatic nitrogens is 2. The molecule has 10 heteroatoms. The van der Waals surface area contributed by atoms with Crippen LogP contribution in [0.15, 0.2) is 89.2 Å². The van der Waals surface area contributed by atoms with E-state index in [9.17, 15) is 19.5 Å². The number of carbonyl (C=O) groups excluding carboxylic acids is 3. The van der Waals surface area contributed by atoms with Crippen LogP contribution in [0.4, 0.5) is 0 Å². The van der Waals surface area contributed by atoms with E-state index in [1.54, 1.807) is 18.2 Å². The minimum absolute atomic E-state index is 0.0112. The number of ether oxygens (including phenoxy) is 1. The summed E-state index contributed by atoms with van der Waals surface area (Å²) >= 11 is 0. The van der Waals surface area contributed by atoms with Crippen molar-refractivity contribution in [1.29, 1.82) is 0 Å². The molecule has 0 spiro atoms. The minimum atomic E-state index is -1.04. The maximum Gasteiger partial charge on any atom is 0.329 e. The lowest BCUT2D eigenvalue weighted by Gasteiger charge is -2.28. The molecular weight excluding hydrogens is 572 g/mol. The largest absolute Gasteiger partial charge is 0.460 e. The number of oxazole rings is 1. The molecule has 4 unspecified atom stereocenters. The summed E-state index contributed by atoms with van der Waals surface area (Å²) in [5.41, 5.74) is 3.25. The molecule has 0 radical (unpaired) electrons. The van der Waals surface area contributed by atoms with Crippen molar-refractivity contribution in [2.75, 3.05) is 6.54 Å². The number of hydrogen-bond donors (Lipinski definition) is 4. The lowest BCUT2D eigenvalue weighted by molar-refractivity contribution is -0.155. The third-order valence-electron chi connectivity index (χ3n) is 7.58. The Morgan fingerprint density at radius 1 is 1.16 bits per heavy atom. The summed E-state index contributed by atoms with van der Waals surface area (Å²) in [6.07, 6.45) is 10.8. The first-order chi connectivity index (χ1) is 21.5. The summed E-state index contributed by atoms with van der Waals surface area (Å²) in [5, 5.41) is 17.0. The number of para-hydroxylation sites is 1. The number of H-pyrrole nitrogens is 1. The normalized spacial score (nSPS) is 25.6. The molecule has 0 saturated heterocycles. The quantitative estimate of drug-likeness (QED) is 0.246. The van der Waals surface area contributed by atoms with Crippen molar-refractivity contribution in [2.24, 2.45) is 11.8 Å². The molecule has 45 heavy (non-hydrogen) atoms. The average Bonchev–Trinajstić information content (AvgIpc) is 3.62. The number of aliphatic hydroxyl groups excluding tert-OH is 1. The smallest absolute Gasteiger partial charge is 0.329 e. The number of esters is 1. The number of cyclic esters (lactones) is 1. The van der Waals surface area contributed by atoms with Gasteiger partial charge in [0.1, 0.15) is 18.4 Å². The number of carbonyl (C=O) groups is 3. The zero-order chi connectivity index (χ0) is 32.5. The van der Waals surface area contributed by atoms with Crippen LogP contribution in [0.3, 0.4) is 0 Å². The molecule has 1 aliphatic heterocycles. The van der Waals surface area contributed by atoms with Crippen LogP contribution in [-0.2, 0) is 27.2 Å². The fourth-order valence-corrected chi connectivity index (χ4v) is 5.32. The molecule has 3 aromatic rings. The van der Waals surface area contributed by atoms with E-state index in [1.165, 1.54) is 12.3 Å². The first kappa shape index (κ1) is 33.2. The number of rotatable bonds is 3. The fraction of sp³-hybridized carbons (Fsp3) is 0.371. The molecule has 1 aliphatic rings. The summed E-state index contributed by atoms with van der Waals surface area (Å²) in [4.78, 5) is 47.1. The minimum Gasteiger partial charge on any atom is -0.460 e. The lowest BCUT2D eigenvalue weighted by Crippen LogP contribution is -2.46. The van der Waals surface area contributed by atoms with Crippen LogP contribution in [0.25, 0.3) is 10.9 Å². The first-order valence-corrected chi connectivity index (χ1v) is 15.2. The van der Waals surface area contributed by atoms with Gasteiger partial charge in [0.25, 0.3) is 5.91 Å². The molecule has 238 valence electrons. The van der Waals surface area contributed by atoms with Gasteiger partial charge in [-0.2, -0.15) is 0 Å². The van der Waals surface area contributed by atoms with E-state index in [0.717, 1.165) is 22.0 Å². The summed E-state index contributed by atoms with van der Waals surface area (Å²) in [6.45, 7) is 11.9. The third kappa shape index (κ3) is 9.39.